The molecule has 2 N–H and O–H groups in total. The van der Waals surface area contributed by atoms with Crippen LogP contribution in [0.4, 0.5) is 0 Å². The summed E-state index contributed by atoms with van der Waals surface area (Å²) in [5.41, 5.74) is 6.82. The molecule has 0 aliphatic carbocycles. The highest BCUT2D eigenvalue weighted by molar-refractivity contribution is 7.09. The minimum absolute atomic E-state index is 0.0594. The van der Waals surface area contributed by atoms with Gasteiger partial charge in [0, 0.05) is 17.0 Å². The van der Waals surface area contributed by atoms with E-state index in [0.717, 1.165) is 11.3 Å². The minimum atomic E-state index is -0.495. The predicted molar refractivity (Wildman–Crippen MR) is 110 cm³/mol. The fraction of sp³-hybridized carbons (Fsp3) is 0.182. The summed E-state index contributed by atoms with van der Waals surface area (Å²) in [6, 6.07) is 20.6. The number of thiophene rings is 1. The number of nitrogens with zero attached hydrogens (tertiary/aromatic N) is 1. The lowest BCUT2D eigenvalue weighted by atomic mass is 10.1. The van der Waals surface area contributed by atoms with Crippen LogP contribution in [0.3, 0.4) is 0 Å². The second-order valence-corrected chi connectivity index (χ2v) is 7.34. The zero-order chi connectivity index (χ0) is 19.8. The summed E-state index contributed by atoms with van der Waals surface area (Å²) in [5, 5.41) is 2.01. The Kier molecular flexibility index (Phi) is 6.81. The van der Waals surface area contributed by atoms with Gasteiger partial charge in [0.05, 0.1) is 6.54 Å². The molecule has 6 heteroatoms. The van der Waals surface area contributed by atoms with Gasteiger partial charge in [0.15, 0.2) is 6.61 Å². The Labute approximate surface area is 168 Å². The third kappa shape index (κ3) is 5.69. The molecule has 0 spiro atoms. The zero-order valence-electron chi connectivity index (χ0n) is 15.4. The number of primary amides is 1. The molecule has 0 atom stereocenters. The summed E-state index contributed by atoms with van der Waals surface area (Å²) in [5.74, 6) is -0.0496. The van der Waals surface area contributed by atoms with E-state index in [1.165, 1.54) is 5.56 Å². The fourth-order valence-electron chi connectivity index (χ4n) is 2.74. The van der Waals surface area contributed by atoms with E-state index in [1.807, 2.05) is 40.6 Å². The van der Waals surface area contributed by atoms with Crippen molar-refractivity contribution in [3.63, 3.8) is 0 Å². The van der Waals surface area contributed by atoms with E-state index in [2.05, 4.69) is 12.1 Å². The van der Waals surface area contributed by atoms with Gasteiger partial charge in [-0.15, -0.1) is 11.3 Å². The molecule has 0 bridgehead atoms. The number of hydrogen-bond acceptors (Lipinski definition) is 4. The van der Waals surface area contributed by atoms with E-state index in [-0.39, 0.29) is 12.5 Å². The molecule has 3 aromatic rings. The number of carbonyl (C=O) groups excluding carboxylic acids is 2. The molecule has 0 saturated heterocycles. The van der Waals surface area contributed by atoms with Crippen LogP contribution in [0.15, 0.2) is 72.1 Å². The number of ether oxygens (including phenoxy) is 1. The van der Waals surface area contributed by atoms with E-state index >= 15 is 0 Å². The number of benzene rings is 2. The van der Waals surface area contributed by atoms with Gasteiger partial charge in [-0.1, -0.05) is 36.4 Å². The van der Waals surface area contributed by atoms with E-state index in [1.54, 1.807) is 35.6 Å². The van der Waals surface area contributed by atoms with Crippen LogP contribution in [0.5, 0.6) is 5.75 Å². The first-order chi connectivity index (χ1) is 13.6. The smallest absolute Gasteiger partial charge is 0.260 e. The average molecular weight is 394 g/mol. The number of carbonyl (C=O) groups is 2. The molecule has 1 aromatic heterocycles. The standard InChI is InChI=1S/C22H22N2O3S/c23-22(26)18-8-10-19(11-9-18)27-16-21(25)24(15-20-7-4-14-28-20)13-12-17-5-2-1-3-6-17/h1-11,14H,12-13,15-16H2,(H2,23,26). The maximum absolute atomic E-state index is 12.8. The van der Waals surface area contributed by atoms with Gasteiger partial charge >= 0.3 is 0 Å². The van der Waals surface area contributed by atoms with Crippen LogP contribution in [0.2, 0.25) is 0 Å². The Morgan fingerprint density at radius 1 is 0.964 bits per heavy atom. The molecule has 144 valence electrons. The molecule has 0 unspecified atom stereocenters. The second kappa shape index (κ2) is 9.71. The van der Waals surface area contributed by atoms with Gasteiger partial charge in [0.25, 0.3) is 5.91 Å². The molecule has 0 fully saturated rings. The normalized spacial score (nSPS) is 10.4. The third-order valence-electron chi connectivity index (χ3n) is 4.29. The Bertz CT molecular complexity index is 893. The van der Waals surface area contributed by atoms with E-state index in [4.69, 9.17) is 10.5 Å². The molecular formula is C22H22N2O3S. The highest BCUT2D eigenvalue weighted by atomic mass is 32.1. The van der Waals surface area contributed by atoms with Crippen LogP contribution < -0.4 is 10.5 Å². The summed E-state index contributed by atoms with van der Waals surface area (Å²) in [6.45, 7) is 1.12. The lowest BCUT2D eigenvalue weighted by molar-refractivity contribution is -0.133. The quantitative estimate of drug-likeness (QED) is 0.604. The molecule has 3 rings (SSSR count). The van der Waals surface area contributed by atoms with Crippen LogP contribution in [0.1, 0.15) is 20.8 Å². The molecule has 1 heterocycles. The monoisotopic (exact) mass is 394 g/mol. The highest BCUT2D eigenvalue weighted by Crippen LogP contribution is 2.15. The van der Waals surface area contributed by atoms with Crippen molar-refractivity contribution < 1.29 is 14.3 Å². The van der Waals surface area contributed by atoms with Gasteiger partial charge in [-0.05, 0) is 47.7 Å². The molecule has 28 heavy (non-hydrogen) atoms. The second-order valence-electron chi connectivity index (χ2n) is 6.31. The Balaban J connectivity index is 1.61. The topological polar surface area (TPSA) is 72.6 Å². The van der Waals surface area contributed by atoms with E-state index in [0.29, 0.717) is 24.4 Å². The minimum Gasteiger partial charge on any atom is -0.484 e. The average Bonchev–Trinajstić information content (AvgIpc) is 3.23. The maximum atomic E-state index is 12.8. The zero-order valence-corrected chi connectivity index (χ0v) is 16.2. The van der Waals surface area contributed by atoms with E-state index < -0.39 is 5.91 Å². The molecule has 0 aliphatic heterocycles. The number of amides is 2. The number of rotatable bonds is 9. The van der Waals surface area contributed by atoms with Crippen molar-refractivity contribution in [2.75, 3.05) is 13.2 Å². The van der Waals surface area contributed by atoms with Crippen molar-refractivity contribution >= 4 is 23.2 Å². The molecule has 0 radical (unpaired) electrons. The Morgan fingerprint density at radius 2 is 1.71 bits per heavy atom. The fourth-order valence-corrected chi connectivity index (χ4v) is 3.46. The van der Waals surface area contributed by atoms with Crippen LogP contribution in [0, 0.1) is 0 Å². The van der Waals surface area contributed by atoms with E-state index in [9.17, 15) is 9.59 Å². The lowest BCUT2D eigenvalue weighted by Gasteiger charge is -2.22. The summed E-state index contributed by atoms with van der Waals surface area (Å²) in [7, 11) is 0. The molecule has 2 amide bonds. The molecule has 2 aromatic carbocycles. The summed E-state index contributed by atoms with van der Waals surface area (Å²) < 4.78 is 5.61. The lowest BCUT2D eigenvalue weighted by Crippen LogP contribution is -2.35. The SMILES string of the molecule is NC(=O)c1ccc(OCC(=O)N(CCc2ccccc2)Cc2cccs2)cc1. The summed E-state index contributed by atoms with van der Waals surface area (Å²) in [6.07, 6.45) is 0.783. The van der Waals surface area contributed by atoms with Gasteiger partial charge in [-0.2, -0.15) is 0 Å². The molecule has 5 nitrogen and oxygen atoms in total. The van der Waals surface area contributed by atoms with Crippen LogP contribution in [0.25, 0.3) is 0 Å². The molecule has 0 saturated carbocycles. The number of hydrogen-bond donors (Lipinski definition) is 1. The van der Waals surface area contributed by atoms with Crippen molar-refractivity contribution in [2.45, 2.75) is 13.0 Å². The predicted octanol–water partition coefficient (Wildman–Crippen LogP) is 3.50. The van der Waals surface area contributed by atoms with Gasteiger partial charge < -0.3 is 15.4 Å². The Morgan fingerprint density at radius 3 is 2.36 bits per heavy atom. The number of nitrogens with two attached hydrogens (primary N) is 1. The van der Waals surface area contributed by atoms with Gasteiger partial charge in [-0.25, -0.2) is 0 Å². The summed E-state index contributed by atoms with van der Waals surface area (Å²) in [4.78, 5) is 26.8. The van der Waals surface area contributed by atoms with Crippen LogP contribution >= 0.6 is 11.3 Å². The van der Waals surface area contributed by atoms with Gasteiger partial charge in [0.2, 0.25) is 5.91 Å². The van der Waals surface area contributed by atoms with Crippen LogP contribution in [-0.2, 0) is 17.8 Å². The first-order valence-corrected chi connectivity index (χ1v) is 9.86. The van der Waals surface area contributed by atoms with Crippen molar-refractivity contribution in [3.8, 4) is 5.75 Å². The van der Waals surface area contributed by atoms with Crippen molar-refractivity contribution in [1.29, 1.82) is 0 Å². The van der Waals surface area contributed by atoms with Crippen molar-refractivity contribution in [1.82, 2.24) is 4.90 Å². The first-order valence-electron chi connectivity index (χ1n) is 8.98. The van der Waals surface area contributed by atoms with Crippen molar-refractivity contribution in [2.24, 2.45) is 5.73 Å². The third-order valence-corrected chi connectivity index (χ3v) is 5.16. The molecule has 0 aliphatic rings. The van der Waals surface area contributed by atoms with Crippen molar-refractivity contribution in [3.05, 3.63) is 88.1 Å². The van der Waals surface area contributed by atoms with Gasteiger partial charge in [-0.3, -0.25) is 9.59 Å². The maximum Gasteiger partial charge on any atom is 0.260 e. The highest BCUT2D eigenvalue weighted by Gasteiger charge is 2.15. The molecular weight excluding hydrogens is 372 g/mol. The largest absolute Gasteiger partial charge is 0.484 e. The van der Waals surface area contributed by atoms with Crippen LogP contribution in [-0.4, -0.2) is 29.9 Å². The first kappa shape index (κ1) is 19.6. The summed E-state index contributed by atoms with van der Waals surface area (Å²) >= 11 is 1.63. The Hall–Kier alpha value is -3.12. The van der Waals surface area contributed by atoms with Gasteiger partial charge in [0.1, 0.15) is 5.75 Å².